The van der Waals surface area contributed by atoms with E-state index >= 15 is 0 Å². The van der Waals surface area contributed by atoms with Crippen LogP contribution in [0.25, 0.3) is 0 Å². The van der Waals surface area contributed by atoms with Gasteiger partial charge in [-0.2, -0.15) is 5.10 Å². The molecule has 0 saturated carbocycles. The van der Waals surface area contributed by atoms with E-state index in [1.54, 1.807) is 11.3 Å². The summed E-state index contributed by atoms with van der Waals surface area (Å²) in [5, 5.41) is 11.3. The second-order valence-electron chi connectivity index (χ2n) is 4.01. The fourth-order valence-electron chi connectivity index (χ4n) is 2.15. The van der Waals surface area contributed by atoms with E-state index in [2.05, 4.69) is 42.9 Å². The summed E-state index contributed by atoms with van der Waals surface area (Å²) in [6.45, 7) is 3.09. The normalized spacial score (nSPS) is 18.8. The maximum absolute atomic E-state index is 4.68. The Bertz CT molecular complexity index is 520. The highest BCUT2D eigenvalue weighted by Gasteiger charge is 2.27. The van der Waals surface area contributed by atoms with Gasteiger partial charge in [0, 0.05) is 18.1 Å². The Morgan fingerprint density at radius 1 is 1.65 bits per heavy atom. The third kappa shape index (κ3) is 1.79. The minimum atomic E-state index is 0.280. The lowest BCUT2D eigenvalue weighted by molar-refractivity contribution is 0.476. The third-order valence-corrected chi connectivity index (χ3v) is 4.71. The first kappa shape index (κ1) is 11.2. The Kier molecular flexibility index (Phi) is 2.92. The van der Waals surface area contributed by atoms with Gasteiger partial charge in [-0.3, -0.25) is 0 Å². The maximum atomic E-state index is 4.68. The van der Waals surface area contributed by atoms with Crippen LogP contribution in [0.3, 0.4) is 0 Å². The molecule has 2 aromatic rings. The first-order chi connectivity index (χ1) is 8.31. The molecule has 2 aromatic heterocycles. The van der Waals surface area contributed by atoms with Gasteiger partial charge < -0.3 is 5.32 Å². The summed E-state index contributed by atoms with van der Waals surface area (Å²) in [6, 6.07) is 0.280. The van der Waals surface area contributed by atoms with E-state index in [9.17, 15) is 0 Å². The van der Waals surface area contributed by atoms with Crippen molar-refractivity contribution in [1.29, 1.82) is 0 Å². The van der Waals surface area contributed by atoms with Crippen molar-refractivity contribution in [3.05, 3.63) is 26.8 Å². The van der Waals surface area contributed by atoms with Crippen LogP contribution in [0.2, 0.25) is 0 Å². The van der Waals surface area contributed by atoms with Crippen LogP contribution in [-0.2, 0) is 6.42 Å². The number of halogens is 1. The van der Waals surface area contributed by atoms with E-state index in [0.717, 1.165) is 40.4 Å². The minimum Gasteiger partial charge on any atom is -0.369 e. The minimum absolute atomic E-state index is 0.280. The standard InChI is InChI=1S/C11H13BrN4S/c1-2-7-9(12)10-13-4-3-8(16(10)15-7)11-14-5-6-17-11/h5-6,8,13H,2-4H2,1H3. The van der Waals surface area contributed by atoms with Gasteiger partial charge in [0.05, 0.1) is 10.2 Å². The molecule has 3 rings (SSSR count). The Balaban J connectivity index is 2.08. The van der Waals surface area contributed by atoms with Crippen LogP contribution in [0.5, 0.6) is 0 Å². The SMILES string of the molecule is CCc1nn2c(c1Br)NCCC2c1nccs1. The highest BCUT2D eigenvalue weighted by molar-refractivity contribution is 9.10. The number of hydrogen-bond donors (Lipinski definition) is 1. The predicted octanol–water partition coefficient (Wildman–Crippen LogP) is 3.07. The Hall–Kier alpha value is -0.880. The fourth-order valence-corrected chi connectivity index (χ4v) is 3.59. The Labute approximate surface area is 112 Å². The van der Waals surface area contributed by atoms with Gasteiger partial charge in [0.25, 0.3) is 0 Å². The quantitative estimate of drug-likeness (QED) is 0.926. The summed E-state index contributed by atoms with van der Waals surface area (Å²) >= 11 is 5.33. The first-order valence-corrected chi connectivity index (χ1v) is 7.38. The zero-order chi connectivity index (χ0) is 11.8. The summed E-state index contributed by atoms with van der Waals surface area (Å²) in [7, 11) is 0. The molecule has 4 nitrogen and oxygen atoms in total. The molecule has 0 radical (unpaired) electrons. The van der Waals surface area contributed by atoms with Crippen molar-refractivity contribution in [1.82, 2.24) is 14.8 Å². The molecule has 0 bridgehead atoms. The maximum Gasteiger partial charge on any atom is 0.139 e. The summed E-state index contributed by atoms with van der Waals surface area (Å²) in [6.07, 6.45) is 3.84. The molecule has 0 fully saturated rings. The number of rotatable bonds is 2. The van der Waals surface area contributed by atoms with Crippen molar-refractivity contribution in [2.24, 2.45) is 0 Å². The van der Waals surface area contributed by atoms with Crippen LogP contribution < -0.4 is 5.32 Å². The van der Waals surface area contributed by atoms with Crippen molar-refractivity contribution in [2.75, 3.05) is 11.9 Å². The van der Waals surface area contributed by atoms with Crippen molar-refractivity contribution >= 4 is 33.1 Å². The number of nitrogens with zero attached hydrogens (tertiary/aromatic N) is 3. The molecule has 1 N–H and O–H groups in total. The van der Waals surface area contributed by atoms with E-state index in [0.29, 0.717) is 0 Å². The van der Waals surface area contributed by atoms with Crippen LogP contribution in [0.15, 0.2) is 16.0 Å². The number of aryl methyl sites for hydroxylation is 1. The zero-order valence-corrected chi connectivity index (χ0v) is 11.9. The number of anilines is 1. The van der Waals surface area contributed by atoms with E-state index < -0.39 is 0 Å². The monoisotopic (exact) mass is 312 g/mol. The number of hydrogen-bond acceptors (Lipinski definition) is 4. The lowest BCUT2D eigenvalue weighted by Crippen LogP contribution is -2.24. The molecule has 0 aliphatic carbocycles. The number of fused-ring (bicyclic) bond motifs is 1. The second kappa shape index (κ2) is 4.42. The first-order valence-electron chi connectivity index (χ1n) is 5.71. The topological polar surface area (TPSA) is 42.7 Å². The fraction of sp³-hybridized carbons (Fsp3) is 0.455. The number of aromatic nitrogens is 3. The lowest BCUT2D eigenvalue weighted by Gasteiger charge is -2.24. The molecule has 1 aliphatic rings. The van der Waals surface area contributed by atoms with Crippen molar-refractivity contribution in [3.8, 4) is 0 Å². The van der Waals surface area contributed by atoms with Gasteiger partial charge in [-0.05, 0) is 28.8 Å². The molecule has 0 amide bonds. The van der Waals surface area contributed by atoms with Crippen LogP contribution in [0.4, 0.5) is 5.82 Å². The van der Waals surface area contributed by atoms with Gasteiger partial charge in [-0.15, -0.1) is 11.3 Å². The van der Waals surface area contributed by atoms with Crippen LogP contribution >= 0.6 is 27.3 Å². The van der Waals surface area contributed by atoms with E-state index in [-0.39, 0.29) is 6.04 Å². The molecule has 1 unspecified atom stereocenters. The third-order valence-electron chi connectivity index (χ3n) is 3.00. The van der Waals surface area contributed by atoms with Gasteiger partial charge in [-0.25, -0.2) is 9.67 Å². The average molecular weight is 313 g/mol. The molecular formula is C11H13BrN4S. The highest BCUT2D eigenvalue weighted by Crippen LogP contribution is 2.36. The van der Waals surface area contributed by atoms with Gasteiger partial charge in [0.15, 0.2) is 0 Å². The number of thiazole rings is 1. The molecule has 1 aliphatic heterocycles. The lowest BCUT2D eigenvalue weighted by atomic mass is 10.2. The second-order valence-corrected chi connectivity index (χ2v) is 5.73. The predicted molar refractivity (Wildman–Crippen MR) is 72.7 cm³/mol. The largest absolute Gasteiger partial charge is 0.369 e. The zero-order valence-electron chi connectivity index (χ0n) is 9.48. The molecule has 90 valence electrons. The van der Waals surface area contributed by atoms with E-state index in [1.807, 2.05) is 11.6 Å². The summed E-state index contributed by atoms with van der Waals surface area (Å²) in [5.74, 6) is 1.09. The highest BCUT2D eigenvalue weighted by atomic mass is 79.9. The smallest absolute Gasteiger partial charge is 0.139 e. The van der Waals surface area contributed by atoms with E-state index in [4.69, 9.17) is 0 Å². The van der Waals surface area contributed by atoms with Crippen LogP contribution in [0, 0.1) is 0 Å². The molecule has 0 saturated heterocycles. The molecule has 3 heterocycles. The Morgan fingerprint density at radius 2 is 2.53 bits per heavy atom. The molecule has 1 atom stereocenters. The van der Waals surface area contributed by atoms with Crippen molar-refractivity contribution in [2.45, 2.75) is 25.8 Å². The molecule has 6 heteroatoms. The van der Waals surface area contributed by atoms with Gasteiger partial charge in [0.1, 0.15) is 16.9 Å². The van der Waals surface area contributed by atoms with Crippen molar-refractivity contribution in [3.63, 3.8) is 0 Å². The molecular weight excluding hydrogens is 300 g/mol. The summed E-state index contributed by atoms with van der Waals surface area (Å²) in [4.78, 5) is 4.42. The number of nitrogens with one attached hydrogen (secondary N) is 1. The van der Waals surface area contributed by atoms with E-state index in [1.165, 1.54) is 0 Å². The van der Waals surface area contributed by atoms with Crippen LogP contribution in [-0.4, -0.2) is 21.3 Å². The van der Waals surface area contributed by atoms with Gasteiger partial charge >= 0.3 is 0 Å². The molecule has 17 heavy (non-hydrogen) atoms. The summed E-state index contributed by atoms with van der Waals surface area (Å²) in [5.41, 5.74) is 1.11. The van der Waals surface area contributed by atoms with Crippen molar-refractivity contribution < 1.29 is 0 Å². The summed E-state index contributed by atoms with van der Waals surface area (Å²) < 4.78 is 3.17. The average Bonchev–Trinajstić information content (AvgIpc) is 2.97. The molecule has 0 aromatic carbocycles. The molecule has 0 spiro atoms. The van der Waals surface area contributed by atoms with Gasteiger partial charge in [-0.1, -0.05) is 6.92 Å². The Morgan fingerprint density at radius 3 is 3.24 bits per heavy atom. The van der Waals surface area contributed by atoms with Crippen LogP contribution in [0.1, 0.15) is 30.1 Å². The van der Waals surface area contributed by atoms with Gasteiger partial charge in [0.2, 0.25) is 0 Å².